The molecular weight excluding hydrogens is 340 g/mol. The van der Waals surface area contributed by atoms with Gasteiger partial charge in [0.15, 0.2) is 5.82 Å². The summed E-state index contributed by atoms with van der Waals surface area (Å²) in [4.78, 5) is 13.1. The maximum Gasteiger partial charge on any atom is 0.223 e. The molecule has 0 aromatic carbocycles. The molecule has 3 rings (SSSR count). The Labute approximate surface area is 152 Å². The van der Waals surface area contributed by atoms with Crippen LogP contribution in [0.3, 0.4) is 0 Å². The standard InChI is InChI=1S/C17H21ClN6O/c1-12-21-16(22-25-12)11-23(2)14-4-3-6-24(7-5-14)17-15(18)8-13(9-19)10-20-17/h8,10,14H,3-7,11H2,1-2H3/t14-/m0/s1. The second-order valence-corrected chi connectivity index (χ2v) is 6.76. The van der Waals surface area contributed by atoms with Crippen molar-refractivity contribution in [1.82, 2.24) is 20.0 Å². The number of halogens is 1. The van der Waals surface area contributed by atoms with Gasteiger partial charge in [0.1, 0.15) is 11.9 Å². The maximum absolute atomic E-state index is 8.94. The van der Waals surface area contributed by atoms with Gasteiger partial charge in [-0.3, -0.25) is 4.90 Å². The molecule has 8 heteroatoms. The van der Waals surface area contributed by atoms with E-state index in [4.69, 9.17) is 21.4 Å². The minimum Gasteiger partial charge on any atom is -0.355 e. The van der Waals surface area contributed by atoms with Crippen LogP contribution in [0.25, 0.3) is 0 Å². The van der Waals surface area contributed by atoms with Crippen molar-refractivity contribution in [3.05, 3.63) is 34.6 Å². The summed E-state index contributed by atoms with van der Waals surface area (Å²) in [5, 5.41) is 13.4. The van der Waals surface area contributed by atoms with Crippen LogP contribution in [0.15, 0.2) is 16.8 Å². The SMILES string of the molecule is Cc1nc(CN(C)[C@H]2CCCN(c3ncc(C#N)cc3Cl)CC2)no1. The van der Waals surface area contributed by atoms with Gasteiger partial charge >= 0.3 is 0 Å². The van der Waals surface area contributed by atoms with Gasteiger partial charge in [0, 0.05) is 32.3 Å². The zero-order chi connectivity index (χ0) is 17.8. The fourth-order valence-electron chi connectivity index (χ4n) is 3.21. The molecule has 1 fully saturated rings. The molecule has 1 aliphatic rings. The molecule has 132 valence electrons. The van der Waals surface area contributed by atoms with E-state index < -0.39 is 0 Å². The predicted octanol–water partition coefficient (Wildman–Crippen LogP) is 2.79. The molecule has 0 spiro atoms. The highest BCUT2D eigenvalue weighted by molar-refractivity contribution is 6.33. The molecule has 0 amide bonds. The first-order valence-electron chi connectivity index (χ1n) is 8.37. The number of nitriles is 1. The third-order valence-electron chi connectivity index (χ3n) is 4.53. The number of rotatable bonds is 4. The molecule has 0 aliphatic carbocycles. The summed E-state index contributed by atoms with van der Waals surface area (Å²) >= 11 is 6.31. The third-order valence-corrected chi connectivity index (χ3v) is 4.81. The first-order valence-corrected chi connectivity index (χ1v) is 8.74. The second kappa shape index (κ2) is 7.81. The highest BCUT2D eigenvalue weighted by atomic mass is 35.5. The first kappa shape index (κ1) is 17.6. The van der Waals surface area contributed by atoms with Crippen LogP contribution in [-0.4, -0.2) is 46.2 Å². The van der Waals surface area contributed by atoms with E-state index in [0.29, 0.717) is 29.1 Å². The molecule has 2 aromatic heterocycles. The number of pyridine rings is 1. The summed E-state index contributed by atoms with van der Waals surface area (Å²) in [5.41, 5.74) is 0.483. The fraction of sp³-hybridized carbons (Fsp3) is 0.529. The van der Waals surface area contributed by atoms with Crippen molar-refractivity contribution in [2.24, 2.45) is 0 Å². The molecule has 0 N–H and O–H groups in total. The zero-order valence-electron chi connectivity index (χ0n) is 14.4. The van der Waals surface area contributed by atoms with Gasteiger partial charge in [-0.25, -0.2) is 4.98 Å². The van der Waals surface area contributed by atoms with Crippen molar-refractivity contribution in [3.63, 3.8) is 0 Å². The number of hydrogen-bond acceptors (Lipinski definition) is 7. The Hall–Kier alpha value is -2.17. The molecule has 1 aliphatic heterocycles. The molecule has 7 nitrogen and oxygen atoms in total. The van der Waals surface area contributed by atoms with Crippen molar-refractivity contribution in [3.8, 4) is 6.07 Å². The first-order chi connectivity index (χ1) is 12.1. The van der Waals surface area contributed by atoms with E-state index in [2.05, 4.69) is 38.0 Å². The van der Waals surface area contributed by atoms with Gasteiger partial charge < -0.3 is 9.42 Å². The lowest BCUT2D eigenvalue weighted by Crippen LogP contribution is -2.33. The predicted molar refractivity (Wildman–Crippen MR) is 94.3 cm³/mol. The van der Waals surface area contributed by atoms with E-state index in [1.54, 1.807) is 19.2 Å². The molecule has 0 unspecified atom stereocenters. The van der Waals surface area contributed by atoms with Gasteiger partial charge in [0.25, 0.3) is 0 Å². The summed E-state index contributed by atoms with van der Waals surface area (Å²) < 4.78 is 5.04. The van der Waals surface area contributed by atoms with E-state index in [9.17, 15) is 0 Å². The lowest BCUT2D eigenvalue weighted by Gasteiger charge is -2.26. The van der Waals surface area contributed by atoms with Crippen molar-refractivity contribution in [2.75, 3.05) is 25.0 Å². The van der Waals surface area contributed by atoms with Crippen molar-refractivity contribution in [1.29, 1.82) is 5.26 Å². The summed E-state index contributed by atoms with van der Waals surface area (Å²) in [6, 6.07) is 4.19. The van der Waals surface area contributed by atoms with Crippen LogP contribution in [0.4, 0.5) is 5.82 Å². The van der Waals surface area contributed by atoms with Crippen LogP contribution in [0.5, 0.6) is 0 Å². The molecule has 0 bridgehead atoms. The van der Waals surface area contributed by atoms with Gasteiger partial charge in [0.05, 0.1) is 17.1 Å². The number of hydrogen-bond donors (Lipinski definition) is 0. The minimum atomic E-state index is 0.445. The summed E-state index contributed by atoms with van der Waals surface area (Å²) in [5.74, 6) is 2.08. The molecule has 3 heterocycles. The molecular formula is C17H21ClN6O. The van der Waals surface area contributed by atoms with E-state index in [0.717, 1.165) is 44.0 Å². The Balaban J connectivity index is 1.63. The summed E-state index contributed by atoms with van der Waals surface area (Å²) in [6.45, 7) is 4.26. The van der Waals surface area contributed by atoms with Gasteiger partial charge in [-0.15, -0.1) is 0 Å². The quantitative estimate of drug-likeness (QED) is 0.829. The smallest absolute Gasteiger partial charge is 0.223 e. The van der Waals surface area contributed by atoms with E-state index >= 15 is 0 Å². The molecule has 1 saturated heterocycles. The number of anilines is 1. The third kappa shape index (κ3) is 4.27. The van der Waals surface area contributed by atoms with Gasteiger partial charge in [-0.2, -0.15) is 10.2 Å². The zero-order valence-corrected chi connectivity index (χ0v) is 15.2. The lowest BCUT2D eigenvalue weighted by molar-refractivity contribution is 0.209. The largest absolute Gasteiger partial charge is 0.355 e. The lowest BCUT2D eigenvalue weighted by atomic mass is 10.1. The van der Waals surface area contributed by atoms with E-state index in [1.807, 2.05) is 0 Å². The van der Waals surface area contributed by atoms with Gasteiger partial charge in [-0.05, 0) is 32.4 Å². The van der Waals surface area contributed by atoms with Crippen LogP contribution < -0.4 is 4.90 Å². The van der Waals surface area contributed by atoms with Crippen LogP contribution in [0, 0.1) is 18.3 Å². The Morgan fingerprint density at radius 1 is 1.44 bits per heavy atom. The second-order valence-electron chi connectivity index (χ2n) is 6.36. The molecule has 2 aromatic rings. The van der Waals surface area contributed by atoms with E-state index in [-0.39, 0.29) is 0 Å². The monoisotopic (exact) mass is 360 g/mol. The summed E-state index contributed by atoms with van der Waals surface area (Å²) in [7, 11) is 2.10. The topological polar surface area (TPSA) is 82.1 Å². The average Bonchev–Trinajstić information content (AvgIpc) is 2.85. The normalized spacial score (nSPS) is 18.2. The van der Waals surface area contributed by atoms with Crippen LogP contribution in [-0.2, 0) is 6.54 Å². The van der Waals surface area contributed by atoms with Gasteiger partial charge in [-0.1, -0.05) is 16.8 Å². The molecule has 0 radical (unpaired) electrons. The Morgan fingerprint density at radius 3 is 2.96 bits per heavy atom. The number of aryl methyl sites for hydroxylation is 1. The molecule has 0 saturated carbocycles. The Bertz CT molecular complexity index is 771. The van der Waals surface area contributed by atoms with Crippen LogP contribution in [0.1, 0.15) is 36.5 Å². The van der Waals surface area contributed by atoms with Crippen LogP contribution >= 0.6 is 11.6 Å². The van der Waals surface area contributed by atoms with E-state index in [1.165, 1.54) is 0 Å². The number of aromatic nitrogens is 3. The number of nitrogens with zero attached hydrogens (tertiary/aromatic N) is 6. The van der Waals surface area contributed by atoms with Crippen molar-refractivity contribution < 1.29 is 4.52 Å². The maximum atomic E-state index is 8.94. The van der Waals surface area contributed by atoms with Crippen molar-refractivity contribution >= 4 is 17.4 Å². The fourth-order valence-corrected chi connectivity index (χ4v) is 3.50. The Morgan fingerprint density at radius 2 is 2.28 bits per heavy atom. The van der Waals surface area contributed by atoms with Gasteiger partial charge in [0.2, 0.25) is 5.89 Å². The highest BCUT2D eigenvalue weighted by Gasteiger charge is 2.23. The van der Waals surface area contributed by atoms with Crippen LogP contribution in [0.2, 0.25) is 5.02 Å². The summed E-state index contributed by atoms with van der Waals surface area (Å²) in [6.07, 6.45) is 4.73. The highest BCUT2D eigenvalue weighted by Crippen LogP contribution is 2.27. The molecule has 1 atom stereocenters. The average molecular weight is 361 g/mol. The van der Waals surface area contributed by atoms with Crippen molar-refractivity contribution in [2.45, 2.75) is 38.8 Å². The minimum absolute atomic E-state index is 0.445. The molecule has 25 heavy (non-hydrogen) atoms. The Kier molecular flexibility index (Phi) is 5.51.